The van der Waals surface area contributed by atoms with Crippen molar-refractivity contribution in [1.29, 1.82) is 0 Å². The van der Waals surface area contributed by atoms with Gasteiger partial charge in [-0.2, -0.15) is 0 Å². The van der Waals surface area contributed by atoms with Crippen LogP contribution >= 0.6 is 0 Å². The second kappa shape index (κ2) is 6.23. The summed E-state index contributed by atoms with van der Waals surface area (Å²) in [7, 11) is 4.02. The molecule has 5 heteroatoms. The molecule has 1 amide bonds. The highest BCUT2D eigenvalue weighted by molar-refractivity contribution is 5.93. The maximum absolute atomic E-state index is 12.0. The van der Waals surface area contributed by atoms with Gasteiger partial charge in [0.25, 0.3) is 5.91 Å². The number of fused-ring (bicyclic) bond motifs is 1. The first-order chi connectivity index (χ1) is 10.6. The Kier molecular flexibility index (Phi) is 4.15. The van der Waals surface area contributed by atoms with E-state index in [4.69, 9.17) is 9.15 Å². The van der Waals surface area contributed by atoms with Crippen molar-refractivity contribution in [2.24, 2.45) is 0 Å². The minimum Gasteiger partial charge on any atom is -0.493 e. The molecule has 0 radical (unpaired) electrons. The first-order valence-corrected chi connectivity index (χ1v) is 7.37. The number of amides is 1. The Morgan fingerprint density at radius 1 is 1.36 bits per heavy atom. The highest BCUT2D eigenvalue weighted by Gasteiger charge is 2.19. The van der Waals surface area contributed by atoms with Gasteiger partial charge in [0.15, 0.2) is 0 Å². The Bertz CT molecular complexity index is 650. The molecule has 2 heterocycles. The molecule has 1 aliphatic heterocycles. The second-order valence-corrected chi connectivity index (χ2v) is 5.67. The Balaban J connectivity index is 1.71. The van der Waals surface area contributed by atoms with Crippen molar-refractivity contribution >= 4 is 5.91 Å². The molecule has 0 saturated carbocycles. The van der Waals surface area contributed by atoms with Crippen molar-refractivity contribution in [1.82, 2.24) is 10.2 Å². The van der Waals surface area contributed by atoms with Gasteiger partial charge in [-0.15, -0.1) is 0 Å². The number of nitrogens with one attached hydrogen (secondary N) is 1. The smallest absolute Gasteiger partial charge is 0.254 e. The fourth-order valence-corrected chi connectivity index (χ4v) is 2.70. The van der Waals surface area contributed by atoms with E-state index in [-0.39, 0.29) is 11.9 Å². The molecule has 0 spiro atoms. The van der Waals surface area contributed by atoms with E-state index in [1.54, 1.807) is 6.07 Å². The maximum Gasteiger partial charge on any atom is 0.254 e. The molecule has 1 aromatic carbocycles. The van der Waals surface area contributed by atoms with Crippen LogP contribution in [0, 0.1) is 0 Å². The fourth-order valence-electron chi connectivity index (χ4n) is 2.70. The number of nitrogens with zero attached hydrogens (tertiary/aromatic N) is 1. The quantitative estimate of drug-likeness (QED) is 0.920. The van der Waals surface area contributed by atoms with E-state index in [1.165, 1.54) is 23.7 Å². The molecule has 0 aliphatic carbocycles. The summed E-state index contributed by atoms with van der Waals surface area (Å²) in [5, 5.41) is 2.96. The van der Waals surface area contributed by atoms with Crippen LogP contribution in [0.25, 0.3) is 0 Å². The lowest BCUT2D eigenvalue weighted by atomic mass is 10.0. The van der Waals surface area contributed by atoms with Gasteiger partial charge in [0.05, 0.1) is 24.5 Å². The average molecular weight is 300 g/mol. The molecule has 22 heavy (non-hydrogen) atoms. The zero-order chi connectivity index (χ0) is 15.5. The Morgan fingerprint density at radius 2 is 2.23 bits per heavy atom. The van der Waals surface area contributed by atoms with Crippen LogP contribution in [0.15, 0.2) is 41.2 Å². The number of likely N-dealkylation sites (N-methyl/N-ethyl adjacent to an activating group) is 1. The summed E-state index contributed by atoms with van der Waals surface area (Å²) >= 11 is 0. The Hall–Kier alpha value is -2.27. The number of ether oxygens (including phenoxy) is 1. The van der Waals surface area contributed by atoms with E-state index in [9.17, 15) is 4.79 Å². The van der Waals surface area contributed by atoms with Crippen LogP contribution in [-0.2, 0) is 6.42 Å². The van der Waals surface area contributed by atoms with E-state index >= 15 is 0 Å². The first kappa shape index (κ1) is 14.7. The molecule has 5 nitrogen and oxygen atoms in total. The number of hydrogen-bond donors (Lipinski definition) is 1. The van der Waals surface area contributed by atoms with Gasteiger partial charge >= 0.3 is 0 Å². The molecule has 0 fully saturated rings. The highest BCUT2D eigenvalue weighted by Crippen LogP contribution is 2.29. The molecule has 3 rings (SSSR count). The highest BCUT2D eigenvalue weighted by atomic mass is 16.5. The van der Waals surface area contributed by atoms with Crippen molar-refractivity contribution in [3.8, 4) is 5.75 Å². The number of hydrogen-bond acceptors (Lipinski definition) is 4. The number of rotatable bonds is 5. The first-order valence-electron chi connectivity index (χ1n) is 7.37. The van der Waals surface area contributed by atoms with Gasteiger partial charge < -0.3 is 19.4 Å². The van der Waals surface area contributed by atoms with Gasteiger partial charge in [0.1, 0.15) is 12.0 Å². The molecular weight excluding hydrogens is 280 g/mol. The van der Waals surface area contributed by atoms with Crippen LogP contribution < -0.4 is 10.1 Å². The summed E-state index contributed by atoms with van der Waals surface area (Å²) < 4.78 is 10.5. The number of benzene rings is 1. The Labute approximate surface area is 129 Å². The van der Waals surface area contributed by atoms with Crippen molar-refractivity contribution in [3.05, 3.63) is 53.5 Å². The molecule has 1 aromatic heterocycles. The predicted octanol–water partition coefficient (Wildman–Crippen LogP) is 2.25. The van der Waals surface area contributed by atoms with Gasteiger partial charge in [-0.25, -0.2) is 0 Å². The largest absolute Gasteiger partial charge is 0.493 e. The average Bonchev–Trinajstić information content (AvgIpc) is 3.17. The summed E-state index contributed by atoms with van der Waals surface area (Å²) in [5.41, 5.74) is 2.96. The summed E-state index contributed by atoms with van der Waals surface area (Å²) in [6, 6.07) is 8.04. The van der Waals surface area contributed by atoms with E-state index in [2.05, 4.69) is 22.3 Å². The SMILES string of the molecule is CN(C)[C@@H](CNC(=O)c1ccoc1)c1ccc2c(c1)CCO2. The zero-order valence-electron chi connectivity index (χ0n) is 12.8. The Morgan fingerprint density at radius 3 is 2.95 bits per heavy atom. The van der Waals surface area contributed by atoms with Crippen LogP contribution in [0.2, 0.25) is 0 Å². The topological polar surface area (TPSA) is 54.7 Å². The van der Waals surface area contributed by atoms with Crippen LogP contribution in [0.3, 0.4) is 0 Å². The molecule has 1 aliphatic rings. The minimum absolute atomic E-state index is 0.113. The van der Waals surface area contributed by atoms with Gasteiger partial charge in [-0.05, 0) is 37.4 Å². The standard InChI is InChI=1S/C17H20N2O3/c1-19(2)15(10-18-17(20)14-5-7-21-11-14)12-3-4-16-13(9-12)6-8-22-16/h3-5,7,9,11,15H,6,8,10H2,1-2H3,(H,18,20)/t15-/m0/s1. The van der Waals surface area contributed by atoms with Crippen molar-refractivity contribution in [2.75, 3.05) is 27.2 Å². The predicted molar refractivity (Wildman–Crippen MR) is 83.1 cm³/mol. The van der Waals surface area contributed by atoms with E-state index in [1.807, 2.05) is 20.2 Å². The van der Waals surface area contributed by atoms with E-state index in [0.717, 1.165) is 18.8 Å². The lowest BCUT2D eigenvalue weighted by Crippen LogP contribution is -2.34. The third kappa shape index (κ3) is 2.99. The number of furan rings is 1. The molecule has 116 valence electrons. The van der Waals surface area contributed by atoms with Crippen molar-refractivity contribution in [3.63, 3.8) is 0 Å². The van der Waals surface area contributed by atoms with Crippen LogP contribution in [0.5, 0.6) is 5.75 Å². The van der Waals surface area contributed by atoms with Crippen molar-refractivity contribution < 1.29 is 13.9 Å². The third-order valence-electron chi connectivity index (χ3n) is 3.96. The lowest BCUT2D eigenvalue weighted by Gasteiger charge is -2.25. The summed E-state index contributed by atoms with van der Waals surface area (Å²) in [5.74, 6) is 0.855. The second-order valence-electron chi connectivity index (χ2n) is 5.67. The van der Waals surface area contributed by atoms with E-state index < -0.39 is 0 Å². The summed E-state index contributed by atoms with van der Waals surface area (Å²) in [6.45, 7) is 1.29. The third-order valence-corrected chi connectivity index (χ3v) is 3.96. The lowest BCUT2D eigenvalue weighted by molar-refractivity contribution is 0.0941. The summed E-state index contributed by atoms with van der Waals surface area (Å²) in [4.78, 5) is 14.1. The maximum atomic E-state index is 12.0. The van der Waals surface area contributed by atoms with Gasteiger partial charge in [-0.1, -0.05) is 12.1 Å². The van der Waals surface area contributed by atoms with Crippen LogP contribution in [0.1, 0.15) is 27.5 Å². The molecule has 2 aromatic rings. The number of carbonyl (C=O) groups excluding carboxylic acids is 1. The molecule has 1 atom stereocenters. The molecular formula is C17H20N2O3. The number of carbonyl (C=O) groups is 1. The van der Waals surface area contributed by atoms with E-state index in [0.29, 0.717) is 12.1 Å². The molecule has 1 N–H and O–H groups in total. The van der Waals surface area contributed by atoms with Gasteiger partial charge in [0, 0.05) is 13.0 Å². The minimum atomic E-state index is -0.120. The van der Waals surface area contributed by atoms with Gasteiger partial charge in [0.2, 0.25) is 0 Å². The summed E-state index contributed by atoms with van der Waals surface area (Å²) in [6.07, 6.45) is 3.90. The molecule has 0 saturated heterocycles. The fraction of sp³-hybridized carbons (Fsp3) is 0.353. The molecule has 0 unspecified atom stereocenters. The molecule has 0 bridgehead atoms. The van der Waals surface area contributed by atoms with Crippen LogP contribution in [0.4, 0.5) is 0 Å². The normalized spacial score (nSPS) is 14.5. The van der Waals surface area contributed by atoms with Crippen LogP contribution in [-0.4, -0.2) is 38.1 Å². The van der Waals surface area contributed by atoms with Crippen molar-refractivity contribution in [2.45, 2.75) is 12.5 Å². The monoisotopic (exact) mass is 300 g/mol. The van der Waals surface area contributed by atoms with Gasteiger partial charge in [-0.3, -0.25) is 4.79 Å². The zero-order valence-corrected chi connectivity index (χ0v) is 12.8.